The van der Waals surface area contributed by atoms with Crippen LogP contribution >= 0.6 is 35.0 Å². The van der Waals surface area contributed by atoms with E-state index < -0.39 is 0 Å². The Morgan fingerprint density at radius 2 is 2.33 bits per heavy atom. The first-order valence-electron chi connectivity index (χ1n) is 5.67. The molecule has 4 nitrogen and oxygen atoms in total. The van der Waals surface area contributed by atoms with Crippen LogP contribution in [0.1, 0.15) is 6.42 Å². The highest BCUT2D eigenvalue weighted by Crippen LogP contribution is 2.13. The van der Waals surface area contributed by atoms with Gasteiger partial charge < -0.3 is 11.1 Å². The number of hydrogen-bond donors (Lipinski definition) is 2. The Labute approximate surface area is 127 Å². The minimum Gasteiger partial charge on any atom is -0.326 e. The van der Waals surface area contributed by atoms with Crippen molar-refractivity contribution in [2.24, 2.45) is 5.73 Å². The molecule has 1 aliphatic heterocycles. The number of likely N-dealkylation sites (tertiary alicyclic amines) is 1. The topological polar surface area (TPSA) is 58.4 Å². The molecule has 1 amide bonds. The third kappa shape index (κ3) is 4.72. The number of hydrogen-bond acceptors (Lipinski definition) is 3. The molecule has 1 aromatic rings. The first-order valence-corrected chi connectivity index (χ1v) is 6.75. The largest absolute Gasteiger partial charge is 0.326 e. The number of rotatable bonds is 3. The average Bonchev–Trinajstić information content (AvgIpc) is 2.63. The van der Waals surface area contributed by atoms with Gasteiger partial charge in [-0.2, -0.15) is 0 Å². The highest BCUT2D eigenvalue weighted by Gasteiger charge is 2.20. The van der Waals surface area contributed by atoms with Crippen LogP contribution < -0.4 is 11.1 Å². The number of nitrogens with zero attached hydrogens (tertiary/aromatic N) is 1. The van der Waals surface area contributed by atoms with Crippen molar-refractivity contribution in [1.29, 1.82) is 0 Å². The predicted octanol–water partition coefficient (Wildman–Crippen LogP) is 1.68. The lowest BCUT2D eigenvalue weighted by Gasteiger charge is -2.14. The molecule has 1 heterocycles. The number of halogens is 2. The Morgan fingerprint density at radius 3 is 2.94 bits per heavy atom. The maximum atomic E-state index is 11.8. The zero-order chi connectivity index (χ0) is 12.3. The molecule has 0 aliphatic carbocycles. The highest BCUT2D eigenvalue weighted by molar-refractivity contribution is 14.1. The summed E-state index contributed by atoms with van der Waals surface area (Å²) in [6.07, 6.45) is 0.983. The van der Waals surface area contributed by atoms with Gasteiger partial charge in [0.1, 0.15) is 0 Å². The molecule has 1 saturated heterocycles. The van der Waals surface area contributed by atoms with E-state index in [4.69, 9.17) is 5.73 Å². The molecule has 0 radical (unpaired) electrons. The standard InChI is InChI=1S/C12H16IN3O.ClH/c13-9-2-1-3-11(6-9)15-12(17)8-16-5-4-10(14)7-16;/h1-3,6,10H,4-5,7-8,14H2,(H,15,17);1H. The SMILES string of the molecule is Cl.NC1CCN(CC(=O)Nc2cccc(I)c2)C1. The van der Waals surface area contributed by atoms with Crippen LogP contribution in [0.15, 0.2) is 24.3 Å². The van der Waals surface area contributed by atoms with Crippen molar-refractivity contribution in [3.63, 3.8) is 0 Å². The van der Waals surface area contributed by atoms with E-state index in [9.17, 15) is 4.79 Å². The lowest BCUT2D eigenvalue weighted by atomic mass is 10.3. The van der Waals surface area contributed by atoms with Gasteiger partial charge in [-0.15, -0.1) is 12.4 Å². The number of carbonyl (C=O) groups excluding carboxylic acids is 1. The van der Waals surface area contributed by atoms with Crippen LogP contribution in [0.4, 0.5) is 5.69 Å². The molecule has 1 aromatic carbocycles. The second-order valence-electron chi connectivity index (χ2n) is 4.34. The maximum Gasteiger partial charge on any atom is 0.238 e. The fourth-order valence-corrected chi connectivity index (χ4v) is 2.52. The number of benzene rings is 1. The molecule has 6 heteroatoms. The summed E-state index contributed by atoms with van der Waals surface area (Å²) in [6.45, 7) is 2.17. The smallest absolute Gasteiger partial charge is 0.238 e. The second kappa shape index (κ2) is 7.28. The van der Waals surface area contributed by atoms with Gasteiger partial charge in [0.2, 0.25) is 5.91 Å². The van der Waals surface area contributed by atoms with Crippen molar-refractivity contribution in [2.45, 2.75) is 12.5 Å². The van der Waals surface area contributed by atoms with E-state index in [0.717, 1.165) is 28.8 Å². The van der Waals surface area contributed by atoms with E-state index in [2.05, 4.69) is 32.8 Å². The van der Waals surface area contributed by atoms with Crippen molar-refractivity contribution < 1.29 is 4.79 Å². The number of anilines is 1. The van der Waals surface area contributed by atoms with Crippen molar-refractivity contribution in [1.82, 2.24) is 4.90 Å². The molecule has 1 aliphatic rings. The van der Waals surface area contributed by atoms with Crippen molar-refractivity contribution >= 4 is 46.6 Å². The molecular formula is C12H17ClIN3O. The van der Waals surface area contributed by atoms with Crippen LogP contribution in [0, 0.1) is 3.57 Å². The van der Waals surface area contributed by atoms with E-state index in [-0.39, 0.29) is 24.4 Å². The summed E-state index contributed by atoms with van der Waals surface area (Å²) in [7, 11) is 0. The third-order valence-corrected chi connectivity index (χ3v) is 3.46. The van der Waals surface area contributed by atoms with Gasteiger partial charge in [-0.25, -0.2) is 0 Å². The molecule has 0 spiro atoms. The fourth-order valence-electron chi connectivity index (χ4n) is 1.98. The van der Waals surface area contributed by atoms with E-state index in [0.29, 0.717) is 6.54 Å². The quantitative estimate of drug-likeness (QED) is 0.783. The molecule has 0 saturated carbocycles. The monoisotopic (exact) mass is 381 g/mol. The van der Waals surface area contributed by atoms with Gasteiger partial charge >= 0.3 is 0 Å². The second-order valence-corrected chi connectivity index (χ2v) is 5.59. The Bertz CT molecular complexity index is 416. The van der Waals surface area contributed by atoms with Gasteiger partial charge in [0.05, 0.1) is 6.54 Å². The molecule has 1 atom stereocenters. The zero-order valence-corrected chi connectivity index (χ0v) is 12.9. The van der Waals surface area contributed by atoms with Crippen LogP contribution in [0.2, 0.25) is 0 Å². The molecule has 1 unspecified atom stereocenters. The van der Waals surface area contributed by atoms with Crippen LogP contribution in [0.3, 0.4) is 0 Å². The van der Waals surface area contributed by atoms with Gasteiger partial charge in [0.25, 0.3) is 0 Å². The fraction of sp³-hybridized carbons (Fsp3) is 0.417. The van der Waals surface area contributed by atoms with E-state index >= 15 is 0 Å². The Morgan fingerprint density at radius 1 is 1.56 bits per heavy atom. The number of carbonyl (C=O) groups is 1. The summed E-state index contributed by atoms with van der Waals surface area (Å²) in [5.41, 5.74) is 6.65. The molecular weight excluding hydrogens is 365 g/mol. The summed E-state index contributed by atoms with van der Waals surface area (Å²) in [4.78, 5) is 13.9. The lowest BCUT2D eigenvalue weighted by molar-refractivity contribution is -0.117. The van der Waals surface area contributed by atoms with Crippen molar-refractivity contribution in [3.05, 3.63) is 27.8 Å². The number of nitrogens with one attached hydrogen (secondary N) is 1. The van der Waals surface area contributed by atoms with Crippen LogP contribution in [0.25, 0.3) is 0 Å². The summed E-state index contributed by atoms with van der Waals surface area (Å²) in [6, 6.07) is 8.00. The lowest BCUT2D eigenvalue weighted by Crippen LogP contribution is -2.33. The number of amides is 1. The minimum absolute atomic E-state index is 0. The molecule has 1 fully saturated rings. The third-order valence-electron chi connectivity index (χ3n) is 2.78. The summed E-state index contributed by atoms with van der Waals surface area (Å²) in [5.74, 6) is 0.0288. The van der Waals surface area contributed by atoms with Crippen LogP contribution in [-0.4, -0.2) is 36.5 Å². The van der Waals surface area contributed by atoms with Gasteiger partial charge in [-0.05, 0) is 47.2 Å². The normalized spacial score (nSPS) is 19.3. The number of nitrogens with two attached hydrogens (primary N) is 1. The van der Waals surface area contributed by atoms with Crippen molar-refractivity contribution in [3.8, 4) is 0 Å². The first-order chi connectivity index (χ1) is 8.13. The van der Waals surface area contributed by atoms with Gasteiger partial charge in [0, 0.05) is 28.4 Å². The van der Waals surface area contributed by atoms with Crippen LogP contribution in [-0.2, 0) is 4.79 Å². The average molecular weight is 382 g/mol. The summed E-state index contributed by atoms with van der Waals surface area (Å²) >= 11 is 2.23. The Hall–Kier alpha value is -0.370. The molecule has 100 valence electrons. The maximum absolute atomic E-state index is 11.8. The van der Waals surface area contributed by atoms with Crippen molar-refractivity contribution in [2.75, 3.05) is 25.0 Å². The van der Waals surface area contributed by atoms with Gasteiger partial charge in [-0.1, -0.05) is 6.07 Å². The highest BCUT2D eigenvalue weighted by atomic mass is 127. The Balaban J connectivity index is 0.00000162. The van der Waals surface area contributed by atoms with Gasteiger partial charge in [0.15, 0.2) is 0 Å². The van der Waals surface area contributed by atoms with Gasteiger partial charge in [-0.3, -0.25) is 9.69 Å². The molecule has 2 rings (SSSR count). The predicted molar refractivity (Wildman–Crippen MR) is 84.1 cm³/mol. The van der Waals surface area contributed by atoms with E-state index in [1.807, 2.05) is 24.3 Å². The van der Waals surface area contributed by atoms with E-state index in [1.165, 1.54) is 0 Å². The minimum atomic E-state index is 0. The summed E-state index contributed by atoms with van der Waals surface area (Å²) < 4.78 is 1.11. The Kier molecular flexibility index (Phi) is 6.34. The first kappa shape index (κ1) is 15.7. The van der Waals surface area contributed by atoms with E-state index in [1.54, 1.807) is 0 Å². The van der Waals surface area contributed by atoms with Crippen LogP contribution in [0.5, 0.6) is 0 Å². The zero-order valence-electron chi connectivity index (χ0n) is 9.93. The molecule has 0 bridgehead atoms. The molecule has 18 heavy (non-hydrogen) atoms. The molecule has 0 aromatic heterocycles. The summed E-state index contributed by atoms with van der Waals surface area (Å²) in [5, 5.41) is 2.90. The molecule has 3 N–H and O–H groups in total.